The van der Waals surface area contributed by atoms with Crippen LogP contribution in [0.15, 0.2) is 60.7 Å². The summed E-state index contributed by atoms with van der Waals surface area (Å²) >= 11 is 0. The molecule has 0 bridgehead atoms. The van der Waals surface area contributed by atoms with Crippen LogP contribution in [-0.2, 0) is 0 Å². The summed E-state index contributed by atoms with van der Waals surface area (Å²) in [5.74, 6) is 8.37. The standard InChI is InChI=1S/C28H28O2/c29-23(15-7-3-1-4-8-15)13-17-19-11-21-18(14-24(30)16-9-5-2-6-10-16)22-12-20(17)26-25(19)27(21)28(22)26/h1-10,17-22,25-28H,11-14H2. The summed E-state index contributed by atoms with van der Waals surface area (Å²) in [5.41, 5.74) is 1.77. The van der Waals surface area contributed by atoms with E-state index in [1.54, 1.807) is 0 Å². The van der Waals surface area contributed by atoms with Gasteiger partial charge < -0.3 is 0 Å². The van der Waals surface area contributed by atoms with Gasteiger partial charge in [-0.25, -0.2) is 0 Å². The van der Waals surface area contributed by atoms with E-state index in [2.05, 4.69) is 0 Å². The van der Waals surface area contributed by atoms with Crippen molar-refractivity contribution < 1.29 is 9.59 Å². The molecule has 2 aromatic rings. The van der Waals surface area contributed by atoms with Gasteiger partial charge in [-0.3, -0.25) is 9.59 Å². The van der Waals surface area contributed by atoms with E-state index >= 15 is 0 Å². The first kappa shape index (κ1) is 17.5. The van der Waals surface area contributed by atoms with Crippen LogP contribution in [0.1, 0.15) is 46.4 Å². The predicted octanol–water partition coefficient (Wildman–Crippen LogP) is 5.54. The lowest BCUT2D eigenvalue weighted by atomic mass is 9.60. The average Bonchev–Trinajstić information content (AvgIpc) is 3.41. The van der Waals surface area contributed by atoms with Gasteiger partial charge in [0.2, 0.25) is 0 Å². The van der Waals surface area contributed by atoms with E-state index in [0.29, 0.717) is 23.4 Å². The SMILES string of the molecule is O=C(CC1C2CC3C(CC(=O)c4ccccc4)C4CC1C1C2C3C41)c1ccccc1. The summed E-state index contributed by atoms with van der Waals surface area (Å²) in [4.78, 5) is 26.0. The Hall–Kier alpha value is -2.22. The zero-order chi connectivity index (χ0) is 20.0. The van der Waals surface area contributed by atoms with Gasteiger partial charge in [0.05, 0.1) is 0 Å². The maximum Gasteiger partial charge on any atom is 0.163 e. The molecule has 0 N–H and O–H groups in total. The summed E-state index contributed by atoms with van der Waals surface area (Å²) < 4.78 is 0. The smallest absolute Gasteiger partial charge is 0.163 e. The first-order valence-corrected chi connectivity index (χ1v) is 11.9. The van der Waals surface area contributed by atoms with E-state index in [4.69, 9.17) is 0 Å². The Morgan fingerprint density at radius 3 is 1.23 bits per heavy atom. The average molecular weight is 397 g/mol. The van der Waals surface area contributed by atoms with Crippen LogP contribution < -0.4 is 0 Å². The van der Waals surface area contributed by atoms with E-state index in [9.17, 15) is 9.59 Å². The second kappa shape index (κ2) is 6.15. The number of hydrogen-bond acceptors (Lipinski definition) is 2. The molecule has 4 unspecified atom stereocenters. The molecule has 0 spiro atoms. The molecular weight excluding hydrogens is 368 g/mol. The second-order valence-electron chi connectivity index (χ2n) is 10.8. The predicted molar refractivity (Wildman–Crippen MR) is 115 cm³/mol. The fourth-order valence-electron chi connectivity index (χ4n) is 9.41. The maximum absolute atomic E-state index is 13.0. The molecule has 0 radical (unpaired) electrons. The van der Waals surface area contributed by atoms with Gasteiger partial charge in [0.15, 0.2) is 11.6 Å². The van der Waals surface area contributed by atoms with Crippen molar-refractivity contribution in [3.8, 4) is 0 Å². The van der Waals surface area contributed by atoms with Crippen LogP contribution in [0.2, 0.25) is 0 Å². The molecule has 2 heteroatoms. The molecule has 7 rings (SSSR count). The van der Waals surface area contributed by atoms with Gasteiger partial charge in [-0.05, 0) is 72.0 Å². The second-order valence-corrected chi connectivity index (χ2v) is 10.8. The zero-order valence-electron chi connectivity index (χ0n) is 17.2. The Labute approximate surface area is 178 Å². The van der Waals surface area contributed by atoms with Crippen LogP contribution in [0.25, 0.3) is 0 Å². The van der Waals surface area contributed by atoms with E-state index in [-0.39, 0.29) is 0 Å². The Bertz CT molecular complexity index is 892. The Morgan fingerprint density at radius 1 is 0.567 bits per heavy atom. The largest absolute Gasteiger partial charge is 0.294 e. The molecule has 5 aliphatic carbocycles. The molecule has 5 saturated carbocycles. The molecule has 0 heterocycles. The molecule has 4 atom stereocenters. The topological polar surface area (TPSA) is 34.1 Å². The van der Waals surface area contributed by atoms with Crippen molar-refractivity contribution in [1.29, 1.82) is 0 Å². The molecule has 0 aliphatic heterocycles. The number of ketones is 2. The summed E-state index contributed by atoms with van der Waals surface area (Å²) in [6, 6.07) is 19.8. The van der Waals surface area contributed by atoms with Gasteiger partial charge >= 0.3 is 0 Å². The van der Waals surface area contributed by atoms with Crippen molar-refractivity contribution in [1.82, 2.24) is 0 Å². The quantitative estimate of drug-likeness (QED) is 0.601. The summed E-state index contributed by atoms with van der Waals surface area (Å²) in [6.45, 7) is 0. The van der Waals surface area contributed by atoms with Gasteiger partial charge in [-0.15, -0.1) is 0 Å². The van der Waals surface area contributed by atoms with Crippen LogP contribution in [0.5, 0.6) is 0 Å². The van der Waals surface area contributed by atoms with Crippen LogP contribution in [-0.4, -0.2) is 11.6 Å². The molecule has 2 aromatic carbocycles. The van der Waals surface area contributed by atoms with E-state index in [1.807, 2.05) is 60.7 Å². The first-order chi connectivity index (χ1) is 14.7. The highest BCUT2D eigenvalue weighted by Gasteiger charge is 2.78. The molecule has 0 saturated heterocycles. The van der Waals surface area contributed by atoms with Gasteiger partial charge in [-0.1, -0.05) is 60.7 Å². The van der Waals surface area contributed by atoms with Crippen molar-refractivity contribution in [2.75, 3.05) is 0 Å². The lowest BCUT2D eigenvalue weighted by molar-refractivity contribution is 0.0202. The van der Waals surface area contributed by atoms with E-state index in [1.165, 1.54) is 12.8 Å². The van der Waals surface area contributed by atoms with Crippen molar-refractivity contribution in [2.24, 2.45) is 59.2 Å². The molecule has 0 aromatic heterocycles. The number of carbonyl (C=O) groups is 2. The first-order valence-electron chi connectivity index (χ1n) is 11.9. The van der Waals surface area contributed by atoms with Gasteiger partial charge in [0, 0.05) is 24.0 Å². The molecular formula is C28H28O2. The third-order valence-electron chi connectivity index (χ3n) is 10.1. The van der Waals surface area contributed by atoms with Gasteiger partial charge in [0.1, 0.15) is 0 Å². The highest BCUT2D eigenvalue weighted by molar-refractivity contribution is 5.96. The number of carbonyl (C=O) groups excluding carboxylic acids is 2. The van der Waals surface area contributed by atoms with Gasteiger partial charge in [0.25, 0.3) is 0 Å². The molecule has 5 fully saturated rings. The zero-order valence-corrected chi connectivity index (χ0v) is 17.2. The van der Waals surface area contributed by atoms with Crippen LogP contribution in [0.4, 0.5) is 0 Å². The fraction of sp³-hybridized carbons (Fsp3) is 0.500. The minimum Gasteiger partial charge on any atom is -0.294 e. The highest BCUT2D eigenvalue weighted by atomic mass is 16.1. The number of rotatable bonds is 6. The lowest BCUT2D eigenvalue weighted by Crippen LogP contribution is -2.41. The van der Waals surface area contributed by atoms with Crippen LogP contribution >= 0.6 is 0 Å². The highest BCUT2D eigenvalue weighted by Crippen LogP contribution is 2.83. The maximum atomic E-state index is 13.0. The summed E-state index contributed by atoms with van der Waals surface area (Å²) in [7, 11) is 0. The minimum atomic E-state index is 0.346. The molecule has 152 valence electrons. The van der Waals surface area contributed by atoms with Gasteiger partial charge in [-0.2, -0.15) is 0 Å². The number of hydrogen-bond donors (Lipinski definition) is 0. The number of benzene rings is 2. The molecule has 30 heavy (non-hydrogen) atoms. The normalized spacial score (nSPS) is 43.6. The van der Waals surface area contributed by atoms with Crippen molar-refractivity contribution in [3.05, 3.63) is 71.8 Å². The Balaban J connectivity index is 1.13. The minimum absolute atomic E-state index is 0.346. The van der Waals surface area contributed by atoms with E-state index < -0.39 is 0 Å². The molecule has 2 nitrogen and oxygen atoms in total. The third-order valence-corrected chi connectivity index (χ3v) is 10.1. The summed E-state index contributed by atoms with van der Waals surface area (Å²) in [5, 5.41) is 0. The summed E-state index contributed by atoms with van der Waals surface area (Å²) in [6.07, 6.45) is 4.07. The lowest BCUT2D eigenvalue weighted by Gasteiger charge is -2.44. The van der Waals surface area contributed by atoms with Crippen LogP contribution in [0.3, 0.4) is 0 Å². The molecule has 5 aliphatic rings. The Morgan fingerprint density at radius 2 is 0.900 bits per heavy atom. The van der Waals surface area contributed by atoms with Crippen molar-refractivity contribution >= 4 is 11.6 Å². The monoisotopic (exact) mass is 396 g/mol. The third kappa shape index (κ3) is 2.15. The number of Topliss-reactive ketones (excluding diaryl/α,β-unsaturated/α-hetero) is 2. The Kier molecular flexibility index (Phi) is 3.58. The van der Waals surface area contributed by atoms with Crippen molar-refractivity contribution in [3.63, 3.8) is 0 Å². The molecule has 0 amide bonds. The van der Waals surface area contributed by atoms with Crippen molar-refractivity contribution in [2.45, 2.75) is 25.7 Å². The van der Waals surface area contributed by atoms with E-state index in [0.717, 1.165) is 71.3 Å². The fourth-order valence-corrected chi connectivity index (χ4v) is 9.41. The van der Waals surface area contributed by atoms with Crippen LogP contribution in [0, 0.1) is 59.2 Å².